The van der Waals surface area contributed by atoms with Crippen LogP contribution in [0.4, 0.5) is 5.69 Å². The maximum absolute atomic E-state index is 7.86. The Morgan fingerprint density at radius 3 is 1.41 bits per heavy atom. The van der Waals surface area contributed by atoms with Crippen molar-refractivity contribution in [3.63, 3.8) is 0 Å². The molecule has 51 heavy (non-hydrogen) atoms. The van der Waals surface area contributed by atoms with Gasteiger partial charge < -0.3 is 0 Å². The molecule has 1 spiro atoms. The minimum Gasteiger partial charge on any atom is -0.238 e. The fourth-order valence-electron chi connectivity index (χ4n) is 8.16. The molecule has 2 aliphatic carbocycles. The number of hydrogen-bond donors (Lipinski definition) is 0. The van der Waals surface area contributed by atoms with Crippen LogP contribution in [0.3, 0.4) is 0 Å². The zero-order valence-corrected chi connectivity index (χ0v) is 27.5. The Kier molecular flexibility index (Phi) is 6.43. The Morgan fingerprint density at radius 2 is 0.804 bits per heavy atom. The molecule has 0 unspecified atom stereocenters. The molecule has 0 atom stereocenters. The lowest BCUT2D eigenvalue weighted by atomic mass is 9.70. The summed E-state index contributed by atoms with van der Waals surface area (Å²) in [6.07, 6.45) is 0. The van der Waals surface area contributed by atoms with Gasteiger partial charge in [-0.2, -0.15) is 0 Å². The largest absolute Gasteiger partial charge is 0.238 e. The van der Waals surface area contributed by atoms with Gasteiger partial charge in [-0.3, -0.25) is 0 Å². The van der Waals surface area contributed by atoms with Crippen molar-refractivity contribution in [2.24, 2.45) is 0 Å². The van der Waals surface area contributed by atoms with Crippen molar-refractivity contribution < 1.29 is 0 Å². The summed E-state index contributed by atoms with van der Waals surface area (Å²) in [5, 5.41) is 0. The highest BCUT2D eigenvalue weighted by molar-refractivity contribution is 5.97. The van der Waals surface area contributed by atoms with Crippen molar-refractivity contribution in [2.75, 3.05) is 0 Å². The van der Waals surface area contributed by atoms with Crippen LogP contribution in [0.2, 0.25) is 0 Å². The van der Waals surface area contributed by atoms with E-state index in [2.05, 4.69) is 108 Å². The second-order valence-electron chi connectivity index (χ2n) is 13.1. The highest BCUT2D eigenvalue weighted by Gasteiger charge is 2.51. The average Bonchev–Trinajstić information content (AvgIpc) is 3.68. The van der Waals surface area contributed by atoms with E-state index in [1.54, 1.807) is 0 Å². The molecule has 0 fully saturated rings. The van der Waals surface area contributed by atoms with Gasteiger partial charge in [0, 0.05) is 16.7 Å². The molecule has 0 N–H and O–H groups in total. The van der Waals surface area contributed by atoms with Crippen LogP contribution in [0.5, 0.6) is 0 Å². The molecule has 1 aromatic heterocycles. The lowest BCUT2D eigenvalue weighted by Crippen LogP contribution is -2.25. The van der Waals surface area contributed by atoms with E-state index < -0.39 is 5.41 Å². The van der Waals surface area contributed by atoms with Gasteiger partial charge in [-0.15, -0.1) is 0 Å². The van der Waals surface area contributed by atoms with Gasteiger partial charge in [0.15, 0.2) is 23.2 Å². The summed E-state index contributed by atoms with van der Waals surface area (Å²) in [7, 11) is 0. The molecular formula is C47H28N4. The first-order valence-corrected chi connectivity index (χ1v) is 17.1. The van der Waals surface area contributed by atoms with Crippen molar-refractivity contribution in [2.45, 2.75) is 5.41 Å². The van der Waals surface area contributed by atoms with Crippen LogP contribution in [0.15, 0.2) is 170 Å². The quantitative estimate of drug-likeness (QED) is 0.178. The van der Waals surface area contributed by atoms with E-state index in [0.29, 0.717) is 23.2 Å². The third kappa shape index (κ3) is 4.35. The summed E-state index contributed by atoms with van der Waals surface area (Å²) in [6.45, 7) is 7.86. The lowest BCUT2D eigenvalue weighted by Gasteiger charge is -2.30. The van der Waals surface area contributed by atoms with E-state index in [1.807, 2.05) is 66.7 Å². The Hall–Kier alpha value is -6.96. The van der Waals surface area contributed by atoms with Crippen molar-refractivity contribution in [3.05, 3.63) is 204 Å². The standard InChI is InChI=1S/C47H28N4/c1-48-35-24-26-43-39(29-35)38-28-33(23-25-42(38)47(43)40-21-10-8-19-36(40)37-20-9-11-22-41(37)47)32-17-12-18-34(27-32)46-50-44(30-13-4-2-5-14-30)49-45(51-46)31-15-6-3-7-16-31/h2-29H. The number of fused-ring (bicyclic) bond motifs is 10. The van der Waals surface area contributed by atoms with Crippen LogP contribution >= 0.6 is 0 Å². The summed E-state index contributed by atoms with van der Waals surface area (Å²) in [5.74, 6) is 1.89. The molecule has 0 bridgehead atoms. The fraction of sp³-hybridized carbons (Fsp3) is 0.0213. The molecule has 0 radical (unpaired) electrons. The Bertz CT molecular complexity index is 2600. The molecule has 0 saturated heterocycles. The van der Waals surface area contributed by atoms with Crippen LogP contribution in [-0.4, -0.2) is 15.0 Å². The van der Waals surface area contributed by atoms with Gasteiger partial charge in [0.1, 0.15) is 0 Å². The molecule has 0 amide bonds. The summed E-state index contributed by atoms with van der Waals surface area (Å²) in [4.78, 5) is 18.7. The predicted octanol–water partition coefficient (Wildman–Crippen LogP) is 11.4. The highest BCUT2D eigenvalue weighted by atomic mass is 15.0. The molecule has 8 aromatic rings. The number of hydrogen-bond acceptors (Lipinski definition) is 3. The molecular weight excluding hydrogens is 621 g/mol. The van der Waals surface area contributed by atoms with Crippen LogP contribution in [0.1, 0.15) is 22.3 Å². The topological polar surface area (TPSA) is 43.0 Å². The fourth-order valence-corrected chi connectivity index (χ4v) is 8.16. The summed E-state index contributed by atoms with van der Waals surface area (Å²) in [5.41, 5.74) is 15.0. The van der Waals surface area contributed by atoms with E-state index in [9.17, 15) is 0 Å². The van der Waals surface area contributed by atoms with Gasteiger partial charge in [0.2, 0.25) is 0 Å². The van der Waals surface area contributed by atoms with Gasteiger partial charge in [0.25, 0.3) is 0 Å². The van der Waals surface area contributed by atoms with E-state index in [-0.39, 0.29) is 0 Å². The van der Waals surface area contributed by atoms with Crippen molar-refractivity contribution in [1.29, 1.82) is 0 Å². The van der Waals surface area contributed by atoms with E-state index in [0.717, 1.165) is 38.9 Å². The third-order valence-electron chi connectivity index (χ3n) is 10.4. The maximum Gasteiger partial charge on any atom is 0.187 e. The van der Waals surface area contributed by atoms with Gasteiger partial charge >= 0.3 is 0 Å². The van der Waals surface area contributed by atoms with Crippen LogP contribution in [0, 0.1) is 6.57 Å². The van der Waals surface area contributed by atoms with Crippen LogP contribution in [0.25, 0.3) is 72.4 Å². The molecule has 4 nitrogen and oxygen atoms in total. The maximum atomic E-state index is 7.86. The molecule has 10 rings (SSSR count). The van der Waals surface area contributed by atoms with E-state index in [4.69, 9.17) is 21.5 Å². The van der Waals surface area contributed by atoms with Gasteiger partial charge in [-0.25, -0.2) is 19.8 Å². The van der Waals surface area contributed by atoms with E-state index in [1.165, 1.54) is 33.4 Å². The first kappa shape index (κ1) is 29.0. The van der Waals surface area contributed by atoms with Crippen LogP contribution in [-0.2, 0) is 5.41 Å². The number of rotatable bonds is 4. The zero-order chi connectivity index (χ0) is 33.9. The monoisotopic (exact) mass is 648 g/mol. The minimum absolute atomic E-state index is 0.453. The van der Waals surface area contributed by atoms with E-state index >= 15 is 0 Å². The third-order valence-corrected chi connectivity index (χ3v) is 10.4. The van der Waals surface area contributed by atoms with Crippen LogP contribution < -0.4 is 0 Å². The second-order valence-corrected chi connectivity index (χ2v) is 13.1. The Labute approximate surface area is 296 Å². The number of aromatic nitrogens is 3. The molecule has 4 heteroatoms. The average molecular weight is 649 g/mol. The Morgan fingerprint density at radius 1 is 0.353 bits per heavy atom. The number of benzene rings is 7. The highest BCUT2D eigenvalue weighted by Crippen LogP contribution is 2.63. The van der Waals surface area contributed by atoms with Gasteiger partial charge in [-0.1, -0.05) is 152 Å². The molecule has 0 saturated carbocycles. The lowest BCUT2D eigenvalue weighted by molar-refractivity contribution is 0.794. The molecule has 2 aliphatic rings. The first-order chi connectivity index (χ1) is 25.2. The molecule has 7 aromatic carbocycles. The predicted molar refractivity (Wildman–Crippen MR) is 204 cm³/mol. The zero-order valence-electron chi connectivity index (χ0n) is 27.5. The van der Waals surface area contributed by atoms with Gasteiger partial charge in [0.05, 0.1) is 12.0 Å². The second kappa shape index (κ2) is 11.3. The molecule has 0 aliphatic heterocycles. The van der Waals surface area contributed by atoms with Crippen molar-refractivity contribution in [1.82, 2.24) is 15.0 Å². The Balaban J connectivity index is 1.15. The normalized spacial score (nSPS) is 12.8. The van der Waals surface area contributed by atoms with Gasteiger partial charge in [-0.05, 0) is 73.8 Å². The molecule has 236 valence electrons. The molecule has 1 heterocycles. The SMILES string of the molecule is [C-]#[N+]c1ccc2c(c1)-c1cc(-c3cccc(-c4nc(-c5ccccc5)nc(-c5ccccc5)n4)c3)ccc1C21c2ccccc2-c2ccccc21. The minimum atomic E-state index is -0.453. The smallest absolute Gasteiger partial charge is 0.187 e. The van der Waals surface area contributed by atoms with Crippen molar-refractivity contribution >= 4 is 5.69 Å². The summed E-state index contributed by atoms with van der Waals surface area (Å²) >= 11 is 0. The summed E-state index contributed by atoms with van der Waals surface area (Å²) < 4.78 is 0. The number of nitrogens with zero attached hydrogens (tertiary/aromatic N) is 4. The van der Waals surface area contributed by atoms with Crippen molar-refractivity contribution in [3.8, 4) is 67.5 Å². The first-order valence-electron chi connectivity index (χ1n) is 17.1. The summed E-state index contributed by atoms with van der Waals surface area (Å²) in [6, 6.07) is 59.2.